The van der Waals surface area contributed by atoms with Crippen LogP contribution in [0.15, 0.2) is 362 Å². The summed E-state index contributed by atoms with van der Waals surface area (Å²) in [7, 11) is 0. The molecule has 8 aliphatic rings. The number of allylic oxidation sites excluding steroid dienone is 5. The Bertz CT molecular complexity index is 5520. The molecule has 8 aliphatic carbocycles. The molecular weight excluding hydrogens is 1260 g/mol. The van der Waals surface area contributed by atoms with Gasteiger partial charge in [-0.2, -0.15) is 0 Å². The van der Waals surface area contributed by atoms with E-state index in [2.05, 4.69) is 386 Å². The Morgan fingerprint density at radius 3 is 0.990 bits per heavy atom. The molecule has 0 aliphatic heterocycles. The molecule has 0 unspecified atom stereocenters. The lowest BCUT2D eigenvalue weighted by molar-refractivity contribution is 0.965. The molecule has 21 rings (SSSR count). The predicted octanol–water partition coefficient (Wildman–Crippen LogP) is 26.5. The summed E-state index contributed by atoms with van der Waals surface area (Å²) in [4.78, 5) is 0. The molecule has 13 aromatic rings. The van der Waals surface area contributed by atoms with E-state index in [0.29, 0.717) is 0 Å². The number of hydrogen-bond donors (Lipinski definition) is 0. The van der Waals surface area contributed by atoms with Crippen LogP contribution in [0.3, 0.4) is 0 Å². The Balaban J connectivity index is 0.0000000984. The van der Waals surface area contributed by atoms with Crippen LogP contribution in [-0.2, 0) is 44.9 Å². The molecule has 0 spiro atoms. The first kappa shape index (κ1) is 68.1. The third-order valence-electron chi connectivity index (χ3n) is 21.3. The third kappa shape index (κ3) is 14.5. The molecule has 0 saturated heterocycles. The molecule has 0 amide bonds. The molecule has 0 nitrogen and oxygen atoms in total. The number of fused-ring (bicyclic) bond motifs is 16. The highest BCUT2D eigenvalue weighted by atomic mass is 14.3. The summed E-state index contributed by atoms with van der Waals surface area (Å²) < 4.78 is 0. The molecule has 0 fully saturated rings. The van der Waals surface area contributed by atoms with Crippen molar-refractivity contribution in [2.75, 3.05) is 0 Å². The van der Waals surface area contributed by atoms with Crippen molar-refractivity contribution in [2.24, 2.45) is 0 Å². The zero-order chi connectivity index (χ0) is 71.8. The Morgan fingerprint density at radius 2 is 0.486 bits per heavy atom. The number of aryl methyl sites for hydroxylation is 2. The summed E-state index contributed by atoms with van der Waals surface area (Å²) in [5, 5.41) is 0. The largest absolute Gasteiger partial charge is 0.0949 e. The second-order valence-corrected chi connectivity index (χ2v) is 27.8. The topological polar surface area (TPSA) is 0 Å². The van der Waals surface area contributed by atoms with Gasteiger partial charge < -0.3 is 0 Å². The second-order valence-electron chi connectivity index (χ2n) is 27.8. The van der Waals surface area contributed by atoms with Crippen molar-refractivity contribution in [2.45, 2.75) is 44.9 Å². The molecule has 0 aromatic heterocycles. The molecule has 0 radical (unpaired) electrons. The molecule has 0 saturated carbocycles. The van der Waals surface area contributed by atoms with Crippen molar-refractivity contribution < 1.29 is 0 Å². The third-order valence-corrected chi connectivity index (χ3v) is 21.3. The highest BCUT2D eigenvalue weighted by Gasteiger charge is 2.23. The Kier molecular flexibility index (Phi) is 20.0. The average molecular weight is 1350 g/mol. The lowest BCUT2D eigenvalue weighted by Crippen LogP contribution is -2.05. The van der Waals surface area contributed by atoms with Gasteiger partial charge in [0, 0.05) is 0 Å². The molecule has 0 N–H and O–H groups in total. The Labute approximate surface area is 621 Å². The summed E-state index contributed by atoms with van der Waals surface area (Å²) >= 11 is 0. The van der Waals surface area contributed by atoms with Gasteiger partial charge in [-0.1, -0.05) is 380 Å². The van der Waals surface area contributed by atoms with Crippen LogP contribution in [0, 0.1) is 0 Å². The standard InChI is InChI=1S/C16H14.C16H12.C16H14.2C15H12.C14H10.C13H10/c2*1-12-15-8-4-2-6-13(15)10-11-14-7-3-5-9-16(12)14;1-12-10-13-6-2-3-7-14(13)11-15-8-4-5-9-16(12)15;1-11-14-8-4-2-6-12(14)10-13-7-3-5-9-15(11)13;1-11-10-12-6-2-3-8-14(12)15-9-5-4-7-13(11)15;1-10-11-6-2-4-8-13(11)14-9-5-3-7-12(10)14;1-9-5-6-12-7-10-3-2-4-11(10)8-13(9)12/h2-9H,1,10-11H2;2-11H,1H2;2-9H,1,10-11H2;2*2-9H,1,10H2;2-9H,1H2;2,4-8H,1,3H2. The fourth-order valence-corrected chi connectivity index (χ4v) is 15.8. The smallest absolute Gasteiger partial charge is 0.00135 e. The van der Waals surface area contributed by atoms with E-state index < -0.39 is 0 Å². The van der Waals surface area contributed by atoms with Crippen LogP contribution in [0.1, 0.15) is 134 Å². The zero-order valence-corrected chi connectivity index (χ0v) is 59.7. The van der Waals surface area contributed by atoms with Crippen LogP contribution in [0.2, 0.25) is 0 Å². The number of rotatable bonds is 0. The molecule has 0 heteroatoms. The van der Waals surface area contributed by atoms with E-state index in [1.807, 2.05) is 0 Å². The quantitative estimate of drug-likeness (QED) is 0.142. The maximum Gasteiger partial charge on any atom is -0.00135 e. The molecule has 0 bridgehead atoms. The average Bonchev–Trinajstić information content (AvgIpc) is 1.24. The molecule has 105 heavy (non-hydrogen) atoms. The van der Waals surface area contributed by atoms with Gasteiger partial charge in [-0.3, -0.25) is 0 Å². The van der Waals surface area contributed by atoms with Crippen molar-refractivity contribution in [3.8, 4) is 22.3 Å². The minimum atomic E-state index is 0.979. The van der Waals surface area contributed by atoms with E-state index >= 15 is 0 Å². The fourth-order valence-electron chi connectivity index (χ4n) is 15.8. The zero-order valence-electron chi connectivity index (χ0n) is 59.7. The summed E-state index contributed by atoms with van der Waals surface area (Å²) in [6, 6.07) is 107. The minimum absolute atomic E-state index is 0.979. The molecule has 13 aromatic carbocycles. The summed E-state index contributed by atoms with van der Waals surface area (Å²) in [6.07, 6.45) is 20.3. The van der Waals surface area contributed by atoms with Gasteiger partial charge in [0.25, 0.3) is 0 Å². The normalized spacial score (nSPS) is 13.7. The second kappa shape index (κ2) is 30.8. The maximum absolute atomic E-state index is 4.26. The predicted molar refractivity (Wildman–Crippen MR) is 453 cm³/mol. The van der Waals surface area contributed by atoms with Crippen LogP contribution >= 0.6 is 0 Å². The van der Waals surface area contributed by atoms with Gasteiger partial charge in [0.1, 0.15) is 0 Å². The highest BCUT2D eigenvalue weighted by Crippen LogP contribution is 2.44. The van der Waals surface area contributed by atoms with Crippen LogP contribution < -0.4 is 0 Å². The molecular formula is C105H84. The van der Waals surface area contributed by atoms with Crippen LogP contribution in [0.4, 0.5) is 0 Å². The first-order chi connectivity index (χ1) is 51.5. The lowest BCUT2D eigenvalue weighted by Gasteiger charge is -2.21. The molecule has 0 atom stereocenters. The summed E-state index contributed by atoms with van der Waals surface area (Å²) in [5.74, 6) is 0. The van der Waals surface area contributed by atoms with E-state index in [1.54, 1.807) is 0 Å². The van der Waals surface area contributed by atoms with Gasteiger partial charge >= 0.3 is 0 Å². The van der Waals surface area contributed by atoms with Crippen LogP contribution in [0.5, 0.6) is 0 Å². The van der Waals surface area contributed by atoms with Gasteiger partial charge in [-0.25, -0.2) is 0 Å². The SMILES string of the molecule is C=C1C=Cc2cc3c(cc21)C=CC3.C=C1Cc2ccccc2-c2ccccc21.C=C1Cc2ccccc2Cc2ccccc21.C=C1c2ccccc2-c2ccccc21.C=C1c2ccccc2C=Cc2ccccc21.C=C1c2ccccc2CCc2ccccc21.C=C1c2ccccc2Cc2ccccc21. The van der Waals surface area contributed by atoms with Crippen molar-refractivity contribution in [3.05, 3.63) is 495 Å². The van der Waals surface area contributed by atoms with Gasteiger partial charge in [-0.15, -0.1) is 0 Å². The van der Waals surface area contributed by atoms with Crippen molar-refractivity contribution in [3.63, 3.8) is 0 Å². The minimum Gasteiger partial charge on any atom is -0.0949 e. The van der Waals surface area contributed by atoms with Gasteiger partial charge in [-0.05, 0) is 246 Å². The fraction of sp³-hybridized carbons (Fsp3) is 0.0667. The van der Waals surface area contributed by atoms with Crippen LogP contribution in [0.25, 0.3) is 85.6 Å². The number of benzene rings is 13. The molecule has 504 valence electrons. The van der Waals surface area contributed by atoms with E-state index in [0.717, 1.165) is 67.2 Å². The molecule has 0 heterocycles. The first-order valence-corrected chi connectivity index (χ1v) is 36.5. The van der Waals surface area contributed by atoms with E-state index in [1.165, 1.54) is 172 Å². The highest BCUT2D eigenvalue weighted by molar-refractivity contribution is 6.00. The van der Waals surface area contributed by atoms with Gasteiger partial charge in [0.05, 0.1) is 0 Å². The Morgan fingerprint density at radius 1 is 0.181 bits per heavy atom. The summed E-state index contributed by atoms with van der Waals surface area (Å²) in [6.45, 7) is 29.2. The van der Waals surface area contributed by atoms with E-state index in [4.69, 9.17) is 0 Å². The van der Waals surface area contributed by atoms with Gasteiger partial charge in [0.2, 0.25) is 0 Å². The Hall–Kier alpha value is -12.7. The van der Waals surface area contributed by atoms with Crippen molar-refractivity contribution >= 4 is 63.3 Å². The summed E-state index contributed by atoms with van der Waals surface area (Å²) in [5.41, 5.74) is 45.5. The maximum atomic E-state index is 4.26. The van der Waals surface area contributed by atoms with Gasteiger partial charge in [0.15, 0.2) is 0 Å². The van der Waals surface area contributed by atoms with Crippen molar-refractivity contribution in [1.82, 2.24) is 0 Å². The first-order valence-electron chi connectivity index (χ1n) is 36.5. The van der Waals surface area contributed by atoms with Crippen LogP contribution in [-0.4, -0.2) is 0 Å². The lowest BCUT2D eigenvalue weighted by atomic mass is 9.83. The van der Waals surface area contributed by atoms with E-state index in [9.17, 15) is 0 Å². The monoisotopic (exact) mass is 1340 g/mol. The number of hydrogen-bond acceptors (Lipinski definition) is 0. The van der Waals surface area contributed by atoms with E-state index in [-0.39, 0.29) is 0 Å². The van der Waals surface area contributed by atoms with Crippen molar-refractivity contribution in [1.29, 1.82) is 0 Å².